The van der Waals surface area contributed by atoms with E-state index in [9.17, 15) is 4.79 Å². The highest BCUT2D eigenvalue weighted by molar-refractivity contribution is 5.66. The fraction of sp³-hybridized carbons (Fsp3) is 0.929. The van der Waals surface area contributed by atoms with E-state index in [2.05, 4.69) is 11.9 Å². The lowest BCUT2D eigenvalue weighted by molar-refractivity contribution is -0.170. The number of carboxylic acids is 1. The monoisotopic (exact) mass is 271 g/mol. The van der Waals surface area contributed by atoms with Gasteiger partial charge >= 0.3 is 5.97 Å². The molecule has 0 aromatic heterocycles. The lowest BCUT2D eigenvalue weighted by Gasteiger charge is -2.34. The molecule has 0 aliphatic carbocycles. The Morgan fingerprint density at radius 2 is 2.32 bits per heavy atom. The highest BCUT2D eigenvalue weighted by Crippen LogP contribution is 2.34. The number of piperidine rings is 1. The van der Waals surface area contributed by atoms with E-state index in [1.165, 1.54) is 19.4 Å². The van der Waals surface area contributed by atoms with Crippen LogP contribution >= 0.6 is 0 Å². The molecule has 0 bridgehead atoms. The molecule has 0 aromatic rings. The second-order valence-corrected chi connectivity index (χ2v) is 6.09. The maximum atomic E-state index is 10.6. The molecule has 1 N–H and O–H groups in total. The Morgan fingerprint density at radius 3 is 3.00 bits per heavy atom. The van der Waals surface area contributed by atoms with Crippen molar-refractivity contribution in [2.75, 3.05) is 26.7 Å². The summed E-state index contributed by atoms with van der Waals surface area (Å²) in [5, 5.41) is 8.69. The molecule has 0 saturated carbocycles. The lowest BCUT2D eigenvalue weighted by atomic mass is 9.91. The molecule has 2 fully saturated rings. The number of aliphatic carboxylic acids is 1. The number of carboxylic acid groups (broad SMARTS) is 1. The van der Waals surface area contributed by atoms with Crippen LogP contribution in [0.3, 0.4) is 0 Å². The van der Waals surface area contributed by atoms with Crippen LogP contribution in [-0.2, 0) is 14.3 Å². The summed E-state index contributed by atoms with van der Waals surface area (Å²) in [5.74, 6) is -0.681. The summed E-state index contributed by atoms with van der Waals surface area (Å²) in [5.41, 5.74) is 0. The molecular formula is C14H25NO4. The van der Waals surface area contributed by atoms with Gasteiger partial charge in [-0.2, -0.15) is 0 Å². The molecule has 2 saturated heterocycles. The van der Waals surface area contributed by atoms with Crippen LogP contribution in [0.2, 0.25) is 0 Å². The Hall–Kier alpha value is -0.650. The molecule has 2 rings (SSSR count). The average molecular weight is 271 g/mol. The Morgan fingerprint density at radius 1 is 1.53 bits per heavy atom. The van der Waals surface area contributed by atoms with Gasteiger partial charge < -0.3 is 19.5 Å². The van der Waals surface area contributed by atoms with Gasteiger partial charge in [-0.1, -0.05) is 0 Å². The molecule has 3 atom stereocenters. The summed E-state index contributed by atoms with van der Waals surface area (Å²) in [7, 11) is 2.15. The minimum absolute atomic E-state index is 0.0672. The molecule has 0 amide bonds. The summed E-state index contributed by atoms with van der Waals surface area (Å²) in [6, 6.07) is 0. The van der Waals surface area contributed by atoms with Crippen LogP contribution in [-0.4, -0.2) is 54.6 Å². The molecule has 2 heterocycles. The summed E-state index contributed by atoms with van der Waals surface area (Å²) >= 11 is 0. The lowest BCUT2D eigenvalue weighted by Crippen LogP contribution is -2.38. The van der Waals surface area contributed by atoms with Crippen LogP contribution in [0, 0.1) is 5.92 Å². The Bertz CT molecular complexity index is 323. The van der Waals surface area contributed by atoms with E-state index in [1.54, 1.807) is 0 Å². The molecule has 5 nitrogen and oxygen atoms in total. The highest BCUT2D eigenvalue weighted by atomic mass is 16.7. The van der Waals surface area contributed by atoms with Gasteiger partial charge in [0.15, 0.2) is 5.79 Å². The third-order valence-corrected chi connectivity index (χ3v) is 4.05. The Labute approximate surface area is 114 Å². The zero-order valence-electron chi connectivity index (χ0n) is 11.9. The topological polar surface area (TPSA) is 59.0 Å². The smallest absolute Gasteiger partial charge is 0.303 e. The Balaban J connectivity index is 1.78. The van der Waals surface area contributed by atoms with Crippen LogP contribution in [0.4, 0.5) is 0 Å². The first-order valence-electron chi connectivity index (χ1n) is 7.19. The zero-order valence-corrected chi connectivity index (χ0v) is 11.9. The number of hydrogen-bond acceptors (Lipinski definition) is 4. The molecule has 5 heteroatoms. The van der Waals surface area contributed by atoms with Crippen LogP contribution in [0.1, 0.15) is 39.0 Å². The molecule has 110 valence electrons. The van der Waals surface area contributed by atoms with Gasteiger partial charge in [-0.3, -0.25) is 4.79 Å². The van der Waals surface area contributed by atoms with Crippen LogP contribution in [0.15, 0.2) is 0 Å². The molecular weight excluding hydrogens is 246 g/mol. The minimum atomic E-state index is -0.772. The van der Waals surface area contributed by atoms with Gasteiger partial charge in [0.1, 0.15) is 0 Å². The van der Waals surface area contributed by atoms with Crippen molar-refractivity contribution >= 4 is 5.97 Å². The summed E-state index contributed by atoms with van der Waals surface area (Å²) in [6.45, 7) is 4.78. The van der Waals surface area contributed by atoms with Crippen molar-refractivity contribution in [2.45, 2.75) is 50.9 Å². The predicted molar refractivity (Wildman–Crippen MR) is 70.9 cm³/mol. The third kappa shape index (κ3) is 4.44. The number of rotatable bonds is 5. The van der Waals surface area contributed by atoms with Gasteiger partial charge in [0.2, 0.25) is 0 Å². The largest absolute Gasteiger partial charge is 0.481 e. The van der Waals surface area contributed by atoms with Crippen LogP contribution < -0.4 is 0 Å². The van der Waals surface area contributed by atoms with Crippen molar-refractivity contribution in [1.82, 2.24) is 4.90 Å². The van der Waals surface area contributed by atoms with Gasteiger partial charge in [0.05, 0.1) is 12.7 Å². The van der Waals surface area contributed by atoms with Crippen LogP contribution in [0.5, 0.6) is 0 Å². The van der Waals surface area contributed by atoms with Crippen molar-refractivity contribution < 1.29 is 19.4 Å². The maximum Gasteiger partial charge on any atom is 0.303 e. The summed E-state index contributed by atoms with van der Waals surface area (Å²) in [4.78, 5) is 12.9. The number of ether oxygens (including phenoxy) is 2. The SMILES string of the molecule is CN1CCCC(CC2(C)OCC(CCC(=O)O)O2)C1. The van der Waals surface area contributed by atoms with Gasteiger partial charge in [-0.05, 0) is 45.7 Å². The second kappa shape index (κ2) is 6.20. The van der Waals surface area contributed by atoms with Crippen molar-refractivity contribution in [1.29, 1.82) is 0 Å². The fourth-order valence-corrected chi connectivity index (χ4v) is 3.19. The number of nitrogens with zero attached hydrogens (tertiary/aromatic N) is 1. The fourth-order valence-electron chi connectivity index (χ4n) is 3.19. The average Bonchev–Trinajstić information content (AvgIpc) is 2.68. The molecule has 2 aliphatic rings. The van der Waals surface area contributed by atoms with E-state index < -0.39 is 11.8 Å². The van der Waals surface area contributed by atoms with Crippen molar-refractivity contribution in [3.63, 3.8) is 0 Å². The van der Waals surface area contributed by atoms with Crippen LogP contribution in [0.25, 0.3) is 0 Å². The van der Waals surface area contributed by atoms with Gasteiger partial charge in [0.25, 0.3) is 0 Å². The molecule has 0 spiro atoms. The van der Waals surface area contributed by atoms with Crippen molar-refractivity contribution in [3.8, 4) is 0 Å². The molecule has 3 unspecified atom stereocenters. The number of likely N-dealkylation sites (tertiary alicyclic amines) is 1. The quantitative estimate of drug-likeness (QED) is 0.825. The molecule has 0 radical (unpaired) electrons. The maximum absolute atomic E-state index is 10.6. The first kappa shape index (κ1) is 14.8. The summed E-state index contributed by atoms with van der Waals surface area (Å²) in [6.07, 6.45) is 3.99. The second-order valence-electron chi connectivity index (χ2n) is 6.09. The van der Waals surface area contributed by atoms with E-state index in [4.69, 9.17) is 14.6 Å². The van der Waals surface area contributed by atoms with E-state index >= 15 is 0 Å². The van der Waals surface area contributed by atoms with E-state index in [-0.39, 0.29) is 12.5 Å². The first-order valence-corrected chi connectivity index (χ1v) is 7.19. The van der Waals surface area contributed by atoms with Gasteiger partial charge in [0, 0.05) is 19.4 Å². The summed E-state index contributed by atoms with van der Waals surface area (Å²) < 4.78 is 11.7. The zero-order chi connectivity index (χ0) is 13.9. The minimum Gasteiger partial charge on any atom is -0.481 e. The first-order chi connectivity index (χ1) is 8.97. The number of carbonyl (C=O) groups is 1. The van der Waals surface area contributed by atoms with Gasteiger partial charge in [-0.15, -0.1) is 0 Å². The van der Waals surface area contributed by atoms with E-state index in [0.717, 1.165) is 13.0 Å². The van der Waals surface area contributed by atoms with E-state index in [0.29, 0.717) is 18.9 Å². The highest BCUT2D eigenvalue weighted by Gasteiger charge is 2.39. The standard InChI is InChI=1S/C14H25NO4/c1-14(8-11-4-3-7-15(2)9-11)18-10-12(19-14)5-6-13(16)17/h11-12H,3-10H2,1-2H3,(H,16,17). The molecule has 0 aromatic carbocycles. The normalized spacial score (nSPS) is 36.5. The van der Waals surface area contributed by atoms with Gasteiger partial charge in [-0.25, -0.2) is 0 Å². The van der Waals surface area contributed by atoms with Crippen molar-refractivity contribution in [3.05, 3.63) is 0 Å². The third-order valence-electron chi connectivity index (χ3n) is 4.05. The predicted octanol–water partition coefficient (Wildman–Crippen LogP) is 1.71. The van der Waals surface area contributed by atoms with Crippen molar-refractivity contribution in [2.24, 2.45) is 5.92 Å². The molecule has 2 aliphatic heterocycles. The molecule has 19 heavy (non-hydrogen) atoms. The van der Waals surface area contributed by atoms with E-state index in [1.807, 2.05) is 6.92 Å². The number of hydrogen-bond donors (Lipinski definition) is 1. The Kier molecular flexibility index (Phi) is 4.81.